The molecule has 2 atom stereocenters. The minimum absolute atomic E-state index is 0.00376. The molecule has 0 spiro atoms. The van der Waals surface area contributed by atoms with Crippen LogP contribution in [0.3, 0.4) is 0 Å². The van der Waals surface area contributed by atoms with Crippen LogP contribution in [0.4, 0.5) is 4.79 Å². The molecular formula is C21H31N3O4. The van der Waals surface area contributed by atoms with Gasteiger partial charge in [-0.3, -0.25) is 9.59 Å². The lowest BCUT2D eigenvalue weighted by Gasteiger charge is -2.35. The van der Waals surface area contributed by atoms with Crippen LogP contribution in [-0.4, -0.2) is 65.5 Å². The second-order valence-corrected chi connectivity index (χ2v) is 7.54. The zero-order chi connectivity index (χ0) is 20.7. The third-order valence-electron chi connectivity index (χ3n) is 5.36. The summed E-state index contributed by atoms with van der Waals surface area (Å²) in [5.41, 5.74) is 1.04. The van der Waals surface area contributed by atoms with Gasteiger partial charge < -0.3 is 20.2 Å². The summed E-state index contributed by atoms with van der Waals surface area (Å²) < 4.78 is 0. The monoisotopic (exact) mass is 389 g/mol. The van der Waals surface area contributed by atoms with Crippen LogP contribution in [0.5, 0.6) is 0 Å². The lowest BCUT2D eigenvalue weighted by atomic mass is 9.93. The molecule has 0 aromatic heterocycles. The zero-order valence-electron chi connectivity index (χ0n) is 16.9. The van der Waals surface area contributed by atoms with Crippen LogP contribution in [0.15, 0.2) is 30.3 Å². The molecule has 1 saturated heterocycles. The summed E-state index contributed by atoms with van der Waals surface area (Å²) in [4.78, 5) is 39.4. The number of carbonyl (C=O) groups excluding carboxylic acids is 2. The largest absolute Gasteiger partial charge is 0.481 e. The maximum absolute atomic E-state index is 12.9. The van der Waals surface area contributed by atoms with Gasteiger partial charge in [0.05, 0.1) is 11.8 Å². The van der Waals surface area contributed by atoms with Crippen molar-refractivity contribution < 1.29 is 19.5 Å². The predicted octanol–water partition coefficient (Wildman–Crippen LogP) is 2.53. The molecule has 1 aliphatic heterocycles. The molecule has 3 amide bonds. The molecule has 1 aromatic rings. The van der Waals surface area contributed by atoms with Crippen molar-refractivity contribution in [3.05, 3.63) is 35.9 Å². The number of aliphatic carboxylic acids is 1. The van der Waals surface area contributed by atoms with Gasteiger partial charge in [-0.1, -0.05) is 44.2 Å². The topological polar surface area (TPSA) is 90.0 Å². The van der Waals surface area contributed by atoms with E-state index in [0.29, 0.717) is 25.9 Å². The third-order valence-corrected chi connectivity index (χ3v) is 5.36. The van der Waals surface area contributed by atoms with Gasteiger partial charge in [-0.2, -0.15) is 0 Å². The number of nitrogens with zero attached hydrogens (tertiary/aromatic N) is 2. The molecule has 1 aliphatic rings. The number of likely N-dealkylation sites (tertiary alicyclic amines) is 1. The summed E-state index contributed by atoms with van der Waals surface area (Å²) in [5, 5.41) is 11.9. The Hall–Kier alpha value is -2.57. The Labute approximate surface area is 166 Å². The van der Waals surface area contributed by atoms with E-state index in [1.54, 1.807) is 14.0 Å². The predicted molar refractivity (Wildman–Crippen MR) is 107 cm³/mol. The first kappa shape index (κ1) is 21.7. The number of nitrogens with one attached hydrogen (secondary N) is 1. The average Bonchev–Trinajstić information content (AvgIpc) is 2.69. The number of piperidine rings is 1. The molecule has 0 radical (unpaired) electrons. The maximum atomic E-state index is 12.9. The molecule has 154 valence electrons. The molecule has 1 heterocycles. The lowest BCUT2D eigenvalue weighted by molar-refractivity contribution is -0.141. The number of hydrogen-bond acceptors (Lipinski definition) is 3. The molecule has 0 aliphatic carbocycles. The first-order valence-corrected chi connectivity index (χ1v) is 9.91. The van der Waals surface area contributed by atoms with Gasteiger partial charge in [-0.05, 0) is 24.8 Å². The molecule has 2 rings (SSSR count). The Morgan fingerprint density at radius 2 is 1.82 bits per heavy atom. The summed E-state index contributed by atoms with van der Waals surface area (Å²) in [6.45, 7) is 4.99. The van der Waals surface area contributed by atoms with Gasteiger partial charge in [-0.15, -0.1) is 0 Å². The number of rotatable bonds is 7. The van der Waals surface area contributed by atoms with Crippen LogP contribution in [0, 0.1) is 5.92 Å². The van der Waals surface area contributed by atoms with Crippen LogP contribution in [0.1, 0.15) is 44.6 Å². The van der Waals surface area contributed by atoms with Crippen LogP contribution in [-0.2, 0) is 9.59 Å². The van der Waals surface area contributed by atoms with E-state index in [0.717, 1.165) is 12.0 Å². The summed E-state index contributed by atoms with van der Waals surface area (Å²) in [7, 11) is 1.60. The molecule has 1 fully saturated rings. The molecular weight excluding hydrogens is 358 g/mol. The smallest absolute Gasteiger partial charge is 0.317 e. The van der Waals surface area contributed by atoms with Crippen molar-refractivity contribution in [1.29, 1.82) is 0 Å². The first-order chi connectivity index (χ1) is 13.3. The van der Waals surface area contributed by atoms with Crippen LogP contribution >= 0.6 is 0 Å². The van der Waals surface area contributed by atoms with Crippen LogP contribution in [0.25, 0.3) is 0 Å². The van der Waals surface area contributed by atoms with Gasteiger partial charge in [0, 0.05) is 32.7 Å². The highest BCUT2D eigenvalue weighted by atomic mass is 16.4. The lowest BCUT2D eigenvalue weighted by Crippen LogP contribution is -2.50. The van der Waals surface area contributed by atoms with E-state index in [4.69, 9.17) is 5.11 Å². The number of carbonyl (C=O) groups is 3. The van der Waals surface area contributed by atoms with Crippen molar-refractivity contribution in [3.8, 4) is 0 Å². The fourth-order valence-corrected chi connectivity index (χ4v) is 3.56. The minimum Gasteiger partial charge on any atom is -0.481 e. The Kier molecular flexibility index (Phi) is 7.84. The highest BCUT2D eigenvalue weighted by Crippen LogP contribution is 2.24. The van der Waals surface area contributed by atoms with Gasteiger partial charge in [0.15, 0.2) is 0 Å². The Morgan fingerprint density at radius 3 is 2.36 bits per heavy atom. The third kappa shape index (κ3) is 5.71. The van der Waals surface area contributed by atoms with Crippen LogP contribution < -0.4 is 5.32 Å². The highest BCUT2D eigenvalue weighted by molar-refractivity contribution is 5.84. The first-order valence-electron chi connectivity index (χ1n) is 9.91. The standard InChI is InChI=1S/C21H31N3O4/c1-4-18(16-8-6-5-7-9-16)19(25)24-12-10-17(11-13-24)22-21(28)23(3)14-15(2)20(26)27/h5-9,15,17-18H,4,10-14H2,1-3H3,(H,22,28)(H,26,27). The van der Waals surface area contributed by atoms with E-state index >= 15 is 0 Å². The fraction of sp³-hybridized carbons (Fsp3) is 0.571. The maximum Gasteiger partial charge on any atom is 0.317 e. The quantitative estimate of drug-likeness (QED) is 0.750. The second kappa shape index (κ2) is 10.1. The summed E-state index contributed by atoms with van der Waals surface area (Å²) in [6.07, 6.45) is 2.15. The van der Waals surface area contributed by atoms with Crippen molar-refractivity contribution >= 4 is 17.9 Å². The van der Waals surface area contributed by atoms with Crippen molar-refractivity contribution in [3.63, 3.8) is 0 Å². The van der Waals surface area contributed by atoms with E-state index in [9.17, 15) is 14.4 Å². The summed E-state index contributed by atoms with van der Waals surface area (Å²) in [5.74, 6) is -1.52. The van der Waals surface area contributed by atoms with Crippen molar-refractivity contribution in [2.24, 2.45) is 5.92 Å². The fourth-order valence-electron chi connectivity index (χ4n) is 3.56. The molecule has 0 bridgehead atoms. The van der Waals surface area contributed by atoms with E-state index < -0.39 is 11.9 Å². The average molecular weight is 389 g/mol. The van der Waals surface area contributed by atoms with Gasteiger partial charge in [0.2, 0.25) is 5.91 Å². The van der Waals surface area contributed by atoms with Crippen LogP contribution in [0.2, 0.25) is 0 Å². The molecule has 7 nitrogen and oxygen atoms in total. The Morgan fingerprint density at radius 1 is 1.21 bits per heavy atom. The zero-order valence-corrected chi connectivity index (χ0v) is 16.9. The normalized spacial score (nSPS) is 16.9. The van der Waals surface area contributed by atoms with Crippen molar-refractivity contribution in [2.45, 2.75) is 45.1 Å². The van der Waals surface area contributed by atoms with E-state index in [-0.39, 0.29) is 30.4 Å². The Balaban J connectivity index is 1.84. The van der Waals surface area contributed by atoms with Crippen molar-refractivity contribution in [2.75, 3.05) is 26.7 Å². The van der Waals surface area contributed by atoms with Crippen molar-refractivity contribution in [1.82, 2.24) is 15.1 Å². The molecule has 7 heteroatoms. The highest BCUT2D eigenvalue weighted by Gasteiger charge is 2.29. The van der Waals surface area contributed by atoms with E-state index in [2.05, 4.69) is 5.32 Å². The van der Waals surface area contributed by atoms with Gasteiger partial charge in [0.1, 0.15) is 0 Å². The van der Waals surface area contributed by atoms with Gasteiger partial charge in [0.25, 0.3) is 0 Å². The molecule has 2 N–H and O–H groups in total. The number of amides is 3. The Bertz CT molecular complexity index is 671. The number of hydrogen-bond donors (Lipinski definition) is 2. The molecule has 2 unspecified atom stereocenters. The number of carboxylic acid groups (broad SMARTS) is 1. The molecule has 28 heavy (non-hydrogen) atoms. The van der Waals surface area contributed by atoms with E-state index in [1.807, 2.05) is 42.2 Å². The molecule has 1 aromatic carbocycles. The summed E-state index contributed by atoms with van der Waals surface area (Å²) >= 11 is 0. The SMILES string of the molecule is CCC(C(=O)N1CCC(NC(=O)N(C)CC(C)C(=O)O)CC1)c1ccccc1. The summed E-state index contributed by atoms with van der Waals surface area (Å²) in [6, 6.07) is 9.57. The second-order valence-electron chi connectivity index (χ2n) is 7.54. The van der Waals surface area contributed by atoms with Gasteiger partial charge >= 0.3 is 12.0 Å². The van der Waals surface area contributed by atoms with E-state index in [1.165, 1.54) is 4.90 Å². The number of carboxylic acids is 1. The number of benzene rings is 1. The van der Waals surface area contributed by atoms with Gasteiger partial charge in [-0.25, -0.2) is 4.79 Å². The minimum atomic E-state index is -0.921. The number of urea groups is 1. The molecule has 0 saturated carbocycles.